The maximum atomic E-state index is 13.2. The van der Waals surface area contributed by atoms with Gasteiger partial charge in [-0.2, -0.15) is 5.10 Å². The van der Waals surface area contributed by atoms with Crippen LogP contribution in [0.15, 0.2) is 59.1 Å². The number of halogens is 1. The molecule has 0 fully saturated rings. The average Bonchev–Trinajstić information content (AvgIpc) is 3.24. The van der Waals surface area contributed by atoms with E-state index in [-0.39, 0.29) is 11.7 Å². The van der Waals surface area contributed by atoms with Crippen molar-refractivity contribution in [1.29, 1.82) is 0 Å². The number of carbonyl (C=O) groups excluding carboxylic acids is 1. The minimum absolute atomic E-state index is 0.313. The van der Waals surface area contributed by atoms with Crippen LogP contribution < -0.4 is 5.32 Å². The highest BCUT2D eigenvalue weighted by Crippen LogP contribution is 2.27. The Balaban J connectivity index is 1.64. The Bertz CT molecular complexity index is 1190. The second kappa shape index (κ2) is 7.35. The number of nitrogens with zero attached hydrogens (tertiary/aromatic N) is 3. The van der Waals surface area contributed by atoms with E-state index in [4.69, 9.17) is 4.52 Å². The van der Waals surface area contributed by atoms with Gasteiger partial charge in [0.2, 0.25) is 0 Å². The van der Waals surface area contributed by atoms with Gasteiger partial charge < -0.3 is 9.84 Å². The molecule has 0 saturated carbocycles. The maximum Gasteiger partial charge on any atom is 0.261 e. The molecule has 0 aliphatic heterocycles. The van der Waals surface area contributed by atoms with E-state index < -0.39 is 0 Å². The first kappa shape index (κ1) is 18.6. The van der Waals surface area contributed by atoms with Crippen molar-refractivity contribution in [1.82, 2.24) is 14.9 Å². The first-order chi connectivity index (χ1) is 13.9. The fourth-order valence-electron chi connectivity index (χ4n) is 3.24. The summed E-state index contributed by atoms with van der Waals surface area (Å²) in [4.78, 5) is 13.0. The standard InChI is InChI=1S/C22H19FN4O2/c1-13-11-14(2)27(25-13)19-6-4-5-18(12-19)24-22(28)20-15(3)29-26-21(20)16-7-9-17(23)10-8-16/h4-12H,1-3H3,(H,24,28). The number of hydrogen-bond donors (Lipinski definition) is 1. The Hall–Kier alpha value is -3.74. The monoisotopic (exact) mass is 390 g/mol. The van der Waals surface area contributed by atoms with E-state index in [1.807, 2.05) is 42.8 Å². The maximum absolute atomic E-state index is 13.2. The van der Waals surface area contributed by atoms with Crippen LogP contribution in [0.4, 0.5) is 10.1 Å². The molecule has 29 heavy (non-hydrogen) atoms. The van der Waals surface area contributed by atoms with Crippen LogP contribution in [0.2, 0.25) is 0 Å². The molecule has 0 unspecified atom stereocenters. The molecule has 0 aliphatic carbocycles. The number of nitrogens with one attached hydrogen (secondary N) is 1. The zero-order chi connectivity index (χ0) is 20.5. The summed E-state index contributed by atoms with van der Waals surface area (Å²) in [5.41, 5.74) is 4.66. The van der Waals surface area contributed by atoms with Crippen LogP contribution in [0, 0.1) is 26.6 Å². The molecule has 0 aliphatic rings. The van der Waals surface area contributed by atoms with E-state index in [2.05, 4.69) is 15.6 Å². The van der Waals surface area contributed by atoms with Gasteiger partial charge in [0.15, 0.2) is 0 Å². The summed E-state index contributed by atoms with van der Waals surface area (Å²) in [7, 11) is 0. The van der Waals surface area contributed by atoms with E-state index in [0.29, 0.717) is 28.3 Å². The van der Waals surface area contributed by atoms with Gasteiger partial charge in [0.25, 0.3) is 5.91 Å². The Morgan fingerprint density at radius 1 is 1.07 bits per heavy atom. The highest BCUT2D eigenvalue weighted by molar-refractivity contribution is 6.08. The molecule has 6 nitrogen and oxygen atoms in total. The van der Waals surface area contributed by atoms with Gasteiger partial charge in [-0.05, 0) is 69.3 Å². The summed E-state index contributed by atoms with van der Waals surface area (Å²) < 4.78 is 20.3. The molecule has 4 aromatic rings. The van der Waals surface area contributed by atoms with Crippen LogP contribution >= 0.6 is 0 Å². The van der Waals surface area contributed by atoms with Gasteiger partial charge in [0.1, 0.15) is 22.8 Å². The lowest BCUT2D eigenvalue weighted by Crippen LogP contribution is -2.14. The van der Waals surface area contributed by atoms with Gasteiger partial charge in [-0.3, -0.25) is 4.79 Å². The Labute approximate surface area is 167 Å². The number of rotatable bonds is 4. The lowest BCUT2D eigenvalue weighted by atomic mass is 10.1. The molecule has 0 atom stereocenters. The van der Waals surface area contributed by atoms with Crippen LogP contribution in [0.25, 0.3) is 16.9 Å². The summed E-state index contributed by atoms with van der Waals surface area (Å²) in [6, 6.07) is 15.2. The zero-order valence-corrected chi connectivity index (χ0v) is 16.2. The first-order valence-electron chi connectivity index (χ1n) is 9.09. The summed E-state index contributed by atoms with van der Waals surface area (Å²) in [6.07, 6.45) is 0. The van der Waals surface area contributed by atoms with E-state index in [0.717, 1.165) is 17.1 Å². The average molecular weight is 390 g/mol. The zero-order valence-electron chi connectivity index (χ0n) is 16.2. The van der Waals surface area contributed by atoms with Crippen molar-refractivity contribution in [2.45, 2.75) is 20.8 Å². The van der Waals surface area contributed by atoms with Crippen molar-refractivity contribution in [3.63, 3.8) is 0 Å². The topological polar surface area (TPSA) is 73.0 Å². The molecule has 0 saturated heterocycles. The van der Waals surface area contributed by atoms with Crippen LogP contribution in [-0.4, -0.2) is 20.8 Å². The smallest absolute Gasteiger partial charge is 0.261 e. The molecule has 0 radical (unpaired) electrons. The predicted octanol–water partition coefficient (Wildman–Crippen LogP) is 4.84. The number of benzene rings is 2. The van der Waals surface area contributed by atoms with Gasteiger partial charge in [-0.1, -0.05) is 11.2 Å². The number of aromatic nitrogens is 3. The van der Waals surface area contributed by atoms with E-state index in [1.165, 1.54) is 12.1 Å². The molecule has 1 amide bonds. The summed E-state index contributed by atoms with van der Waals surface area (Å²) in [5, 5.41) is 11.3. The largest absolute Gasteiger partial charge is 0.360 e. The van der Waals surface area contributed by atoms with Crippen molar-refractivity contribution >= 4 is 11.6 Å². The summed E-state index contributed by atoms with van der Waals surface area (Å²) >= 11 is 0. The van der Waals surface area contributed by atoms with Gasteiger partial charge in [0, 0.05) is 16.9 Å². The second-order valence-corrected chi connectivity index (χ2v) is 6.81. The lowest BCUT2D eigenvalue weighted by molar-refractivity contribution is 0.102. The number of anilines is 1. The van der Waals surface area contributed by atoms with E-state index in [1.54, 1.807) is 25.1 Å². The van der Waals surface area contributed by atoms with Crippen molar-refractivity contribution in [3.8, 4) is 16.9 Å². The fraction of sp³-hybridized carbons (Fsp3) is 0.136. The van der Waals surface area contributed by atoms with E-state index in [9.17, 15) is 9.18 Å². The lowest BCUT2D eigenvalue weighted by Gasteiger charge is -2.09. The Kier molecular flexibility index (Phi) is 4.72. The molecular weight excluding hydrogens is 371 g/mol. The molecule has 2 heterocycles. The number of carbonyl (C=O) groups is 1. The molecule has 2 aromatic heterocycles. The number of amides is 1. The van der Waals surface area contributed by atoms with Crippen LogP contribution in [0.3, 0.4) is 0 Å². The minimum atomic E-state index is -0.360. The highest BCUT2D eigenvalue weighted by atomic mass is 19.1. The molecule has 7 heteroatoms. The number of hydrogen-bond acceptors (Lipinski definition) is 4. The molecule has 0 spiro atoms. The molecule has 1 N–H and O–H groups in total. The third-order valence-corrected chi connectivity index (χ3v) is 4.57. The molecule has 146 valence electrons. The fourth-order valence-corrected chi connectivity index (χ4v) is 3.24. The third kappa shape index (κ3) is 3.67. The molecule has 2 aromatic carbocycles. The van der Waals surface area contributed by atoms with Crippen molar-refractivity contribution in [3.05, 3.63) is 83.1 Å². The van der Waals surface area contributed by atoms with Gasteiger partial charge >= 0.3 is 0 Å². The number of aryl methyl sites for hydroxylation is 3. The Morgan fingerprint density at radius 2 is 1.83 bits per heavy atom. The SMILES string of the molecule is Cc1cc(C)n(-c2cccc(NC(=O)c3c(-c4ccc(F)cc4)noc3C)c2)n1. The van der Waals surface area contributed by atoms with Crippen LogP contribution in [0.1, 0.15) is 27.5 Å². The van der Waals surface area contributed by atoms with Crippen molar-refractivity contribution in [2.24, 2.45) is 0 Å². The summed E-state index contributed by atoms with van der Waals surface area (Å²) in [6.45, 7) is 5.57. The van der Waals surface area contributed by atoms with Gasteiger partial charge in [-0.25, -0.2) is 9.07 Å². The third-order valence-electron chi connectivity index (χ3n) is 4.57. The minimum Gasteiger partial charge on any atom is -0.360 e. The van der Waals surface area contributed by atoms with Crippen LogP contribution in [0.5, 0.6) is 0 Å². The molecule has 0 bridgehead atoms. The van der Waals surface area contributed by atoms with Gasteiger partial charge in [0.05, 0.1) is 11.4 Å². The molecule has 4 rings (SSSR count). The first-order valence-corrected chi connectivity index (χ1v) is 9.09. The van der Waals surface area contributed by atoms with E-state index >= 15 is 0 Å². The Morgan fingerprint density at radius 3 is 2.52 bits per heavy atom. The van der Waals surface area contributed by atoms with Crippen molar-refractivity contribution in [2.75, 3.05) is 5.32 Å². The van der Waals surface area contributed by atoms with Gasteiger partial charge in [-0.15, -0.1) is 0 Å². The van der Waals surface area contributed by atoms with Crippen molar-refractivity contribution < 1.29 is 13.7 Å². The summed E-state index contributed by atoms with van der Waals surface area (Å²) in [5.74, 6) is -0.328. The van der Waals surface area contributed by atoms with Crippen LogP contribution in [-0.2, 0) is 0 Å². The quantitative estimate of drug-likeness (QED) is 0.541. The predicted molar refractivity (Wildman–Crippen MR) is 108 cm³/mol. The second-order valence-electron chi connectivity index (χ2n) is 6.81. The highest BCUT2D eigenvalue weighted by Gasteiger charge is 2.22. The normalized spacial score (nSPS) is 10.9. The molecular formula is C22H19FN4O2.